The number of ketones is 1. The van der Waals surface area contributed by atoms with Crippen LogP contribution in [0.5, 0.6) is 0 Å². The lowest BCUT2D eigenvalue weighted by molar-refractivity contribution is -0.136. The predicted octanol–water partition coefficient (Wildman–Crippen LogP) is -1.31. The zero-order valence-electron chi connectivity index (χ0n) is 6.10. The quantitative estimate of drug-likeness (QED) is 0.456. The first-order valence-corrected chi connectivity index (χ1v) is 3.36. The molecule has 66 valence electrons. The minimum atomic E-state index is -1.48. The Morgan fingerprint density at radius 1 is 1.50 bits per heavy atom. The fourth-order valence-corrected chi connectivity index (χ4v) is 0.992. The molecule has 0 amide bonds. The lowest BCUT2D eigenvalue weighted by atomic mass is 9.94. The average Bonchev–Trinajstić information content (AvgIpc) is 1.99. The monoisotopic (exact) mass is 172 g/mol. The Balaban J connectivity index is 2.89. The van der Waals surface area contributed by atoms with Crippen LogP contribution in [0.2, 0.25) is 0 Å². The van der Waals surface area contributed by atoms with Gasteiger partial charge in [0.15, 0.2) is 5.78 Å². The van der Waals surface area contributed by atoms with Gasteiger partial charge in [-0.05, 0) is 6.08 Å². The smallest absolute Gasteiger partial charge is 0.331 e. The zero-order chi connectivity index (χ0) is 9.30. The molecule has 0 bridgehead atoms. The van der Waals surface area contributed by atoms with E-state index in [1.807, 2.05) is 0 Å². The zero-order valence-corrected chi connectivity index (χ0v) is 6.10. The van der Waals surface area contributed by atoms with Crippen molar-refractivity contribution in [3.05, 3.63) is 11.6 Å². The molecule has 0 spiro atoms. The van der Waals surface area contributed by atoms with Crippen LogP contribution in [0.4, 0.5) is 0 Å². The van der Waals surface area contributed by atoms with Gasteiger partial charge in [0, 0.05) is 12.0 Å². The number of aliphatic hydroxyl groups excluding tert-OH is 2. The predicted molar refractivity (Wildman–Crippen MR) is 37.4 cm³/mol. The van der Waals surface area contributed by atoms with E-state index in [2.05, 4.69) is 0 Å². The van der Waals surface area contributed by atoms with Gasteiger partial charge in [0.25, 0.3) is 0 Å². The molecule has 1 rings (SSSR count). The highest BCUT2D eigenvalue weighted by Gasteiger charge is 2.30. The second-order valence-corrected chi connectivity index (χ2v) is 2.59. The first-order valence-electron chi connectivity index (χ1n) is 3.36. The van der Waals surface area contributed by atoms with E-state index in [1.165, 1.54) is 0 Å². The molecule has 12 heavy (non-hydrogen) atoms. The maximum atomic E-state index is 10.8. The Hall–Kier alpha value is -1.20. The second-order valence-electron chi connectivity index (χ2n) is 2.59. The van der Waals surface area contributed by atoms with E-state index < -0.39 is 24.0 Å². The Morgan fingerprint density at radius 2 is 2.08 bits per heavy atom. The van der Waals surface area contributed by atoms with Gasteiger partial charge in [0.1, 0.15) is 6.10 Å². The normalized spacial score (nSPS) is 29.8. The molecular formula is C7H8O5. The minimum absolute atomic E-state index is 0.169. The number of carbonyl (C=O) groups is 2. The number of hydrogen-bond donors (Lipinski definition) is 3. The van der Waals surface area contributed by atoms with E-state index in [0.29, 0.717) is 0 Å². The Morgan fingerprint density at radius 3 is 2.50 bits per heavy atom. The molecule has 2 atom stereocenters. The summed E-state index contributed by atoms with van der Waals surface area (Å²) in [6.45, 7) is 0. The maximum absolute atomic E-state index is 10.8. The molecule has 1 aliphatic carbocycles. The highest BCUT2D eigenvalue weighted by Crippen LogP contribution is 2.16. The summed E-state index contributed by atoms with van der Waals surface area (Å²) in [7, 11) is 0. The molecule has 0 aliphatic heterocycles. The summed E-state index contributed by atoms with van der Waals surface area (Å²) in [4.78, 5) is 21.1. The van der Waals surface area contributed by atoms with Gasteiger partial charge < -0.3 is 15.3 Å². The van der Waals surface area contributed by atoms with Gasteiger partial charge in [0.2, 0.25) is 0 Å². The van der Waals surface area contributed by atoms with E-state index in [4.69, 9.17) is 15.3 Å². The molecule has 0 saturated carbocycles. The molecule has 0 aromatic heterocycles. The van der Waals surface area contributed by atoms with Gasteiger partial charge in [-0.1, -0.05) is 0 Å². The van der Waals surface area contributed by atoms with Crippen LogP contribution >= 0.6 is 0 Å². The van der Waals surface area contributed by atoms with Gasteiger partial charge in [-0.15, -0.1) is 0 Å². The number of carboxylic acid groups (broad SMARTS) is 1. The summed E-state index contributed by atoms with van der Waals surface area (Å²) < 4.78 is 0. The molecule has 0 aromatic rings. The number of aliphatic hydroxyl groups is 2. The lowest BCUT2D eigenvalue weighted by Crippen LogP contribution is -2.37. The summed E-state index contributed by atoms with van der Waals surface area (Å²) in [5.74, 6) is -2.00. The SMILES string of the molecule is O=C(O)C1=CC(=O)[C@@H](O)C(O)C1. The summed E-state index contributed by atoms with van der Waals surface area (Å²) >= 11 is 0. The summed E-state index contributed by atoms with van der Waals surface area (Å²) in [5, 5.41) is 26.3. The van der Waals surface area contributed by atoms with Crippen molar-refractivity contribution in [3.8, 4) is 0 Å². The molecule has 0 fully saturated rings. The van der Waals surface area contributed by atoms with Crippen LogP contribution < -0.4 is 0 Å². The molecule has 0 radical (unpaired) electrons. The van der Waals surface area contributed by atoms with Crippen molar-refractivity contribution >= 4 is 11.8 Å². The Labute approximate surface area is 67.9 Å². The third-order valence-corrected chi connectivity index (χ3v) is 1.68. The van der Waals surface area contributed by atoms with Crippen LogP contribution in [0.15, 0.2) is 11.6 Å². The van der Waals surface area contributed by atoms with Crippen molar-refractivity contribution in [2.24, 2.45) is 0 Å². The van der Waals surface area contributed by atoms with Gasteiger partial charge in [-0.25, -0.2) is 4.79 Å². The molecule has 5 heteroatoms. The van der Waals surface area contributed by atoms with Crippen LogP contribution in [0, 0.1) is 0 Å². The third kappa shape index (κ3) is 1.51. The van der Waals surface area contributed by atoms with Crippen molar-refractivity contribution in [2.75, 3.05) is 0 Å². The molecule has 0 saturated heterocycles. The van der Waals surface area contributed by atoms with Crippen LogP contribution in [0.3, 0.4) is 0 Å². The fourth-order valence-electron chi connectivity index (χ4n) is 0.992. The van der Waals surface area contributed by atoms with Gasteiger partial charge in [-0.3, -0.25) is 4.79 Å². The summed E-state index contributed by atoms with van der Waals surface area (Å²) in [6, 6.07) is 0. The van der Waals surface area contributed by atoms with Crippen LogP contribution in [-0.2, 0) is 9.59 Å². The molecular weight excluding hydrogens is 164 g/mol. The number of carbonyl (C=O) groups excluding carboxylic acids is 1. The molecule has 0 heterocycles. The van der Waals surface area contributed by atoms with Gasteiger partial charge in [0.05, 0.1) is 6.10 Å². The maximum Gasteiger partial charge on any atom is 0.331 e. The Bertz CT molecular complexity index is 255. The molecule has 1 aliphatic rings. The topological polar surface area (TPSA) is 94.8 Å². The van der Waals surface area contributed by atoms with Crippen LogP contribution in [-0.4, -0.2) is 39.3 Å². The van der Waals surface area contributed by atoms with Gasteiger partial charge in [-0.2, -0.15) is 0 Å². The van der Waals surface area contributed by atoms with E-state index in [-0.39, 0.29) is 12.0 Å². The number of aliphatic carboxylic acids is 1. The molecule has 1 unspecified atom stereocenters. The summed E-state index contributed by atoms with van der Waals surface area (Å²) in [5.41, 5.74) is -0.169. The minimum Gasteiger partial charge on any atom is -0.478 e. The molecule has 5 nitrogen and oxygen atoms in total. The second kappa shape index (κ2) is 3.04. The van der Waals surface area contributed by atoms with E-state index in [0.717, 1.165) is 6.08 Å². The molecule has 0 aromatic carbocycles. The first-order chi connectivity index (χ1) is 5.52. The highest BCUT2D eigenvalue weighted by molar-refractivity contribution is 6.02. The Kier molecular flexibility index (Phi) is 2.25. The number of carboxylic acids is 1. The van der Waals surface area contributed by atoms with Crippen molar-refractivity contribution in [1.82, 2.24) is 0 Å². The van der Waals surface area contributed by atoms with Crippen LogP contribution in [0.25, 0.3) is 0 Å². The number of hydrogen-bond acceptors (Lipinski definition) is 4. The average molecular weight is 172 g/mol. The fraction of sp³-hybridized carbons (Fsp3) is 0.429. The van der Waals surface area contributed by atoms with Crippen molar-refractivity contribution in [1.29, 1.82) is 0 Å². The lowest BCUT2D eigenvalue weighted by Gasteiger charge is -2.19. The van der Waals surface area contributed by atoms with E-state index >= 15 is 0 Å². The highest BCUT2D eigenvalue weighted by atomic mass is 16.4. The third-order valence-electron chi connectivity index (χ3n) is 1.68. The van der Waals surface area contributed by atoms with Crippen molar-refractivity contribution in [3.63, 3.8) is 0 Å². The van der Waals surface area contributed by atoms with Gasteiger partial charge >= 0.3 is 5.97 Å². The molecule has 3 N–H and O–H groups in total. The van der Waals surface area contributed by atoms with Crippen molar-refractivity contribution < 1.29 is 24.9 Å². The first kappa shape index (κ1) is 8.89. The largest absolute Gasteiger partial charge is 0.478 e. The van der Waals surface area contributed by atoms with Crippen molar-refractivity contribution in [2.45, 2.75) is 18.6 Å². The van der Waals surface area contributed by atoms with E-state index in [1.54, 1.807) is 0 Å². The standard InChI is InChI=1S/C7H8O5/c8-4-1-3(7(11)12)2-5(9)6(4)10/h1,5-6,9-10H,2H2,(H,11,12)/t5?,6-/m1/s1. The van der Waals surface area contributed by atoms with Crippen LogP contribution in [0.1, 0.15) is 6.42 Å². The van der Waals surface area contributed by atoms with E-state index in [9.17, 15) is 9.59 Å². The number of rotatable bonds is 1. The summed E-state index contributed by atoms with van der Waals surface area (Å²) in [6.07, 6.45) is -2.12.